The van der Waals surface area contributed by atoms with Crippen LogP contribution in [0.4, 0.5) is 0 Å². The average Bonchev–Trinajstić information content (AvgIpc) is 3.41. The van der Waals surface area contributed by atoms with Gasteiger partial charge in [0.15, 0.2) is 0 Å². The Morgan fingerprint density at radius 1 is 1.20 bits per heavy atom. The van der Waals surface area contributed by atoms with Gasteiger partial charge in [0.05, 0.1) is 0 Å². The number of carbonyl (C=O) groups is 1. The van der Waals surface area contributed by atoms with Gasteiger partial charge in [-0.25, -0.2) is 9.97 Å². The highest BCUT2D eigenvalue weighted by Gasteiger charge is 2.39. The van der Waals surface area contributed by atoms with E-state index in [-0.39, 0.29) is 5.91 Å². The highest BCUT2D eigenvalue weighted by atomic mass is 16.2. The number of likely N-dealkylation sites (tertiary alicyclic amines) is 2. The van der Waals surface area contributed by atoms with Crippen LogP contribution >= 0.6 is 0 Å². The summed E-state index contributed by atoms with van der Waals surface area (Å²) in [6.07, 6.45) is 11.6. The van der Waals surface area contributed by atoms with Crippen LogP contribution in [-0.2, 0) is 0 Å². The van der Waals surface area contributed by atoms with E-state index in [9.17, 15) is 4.79 Å². The highest BCUT2D eigenvalue weighted by Crippen LogP contribution is 2.31. The fraction of sp³-hybridized carbons (Fsp3) is 0.526. The first-order valence-electron chi connectivity index (χ1n) is 9.27. The standard InChI is InChI=1S/C19H25N5O/c1-2-22-10-3-5-16(22)17-6-4-11-24(17)19(25)15-7-8-21-18(13-15)23-12-9-20-14-23/h7-9,12-14,16-17H,2-6,10-11H2,1H3/t16-,17-/m1/s1. The molecular formula is C19H25N5O. The molecule has 4 heterocycles. The van der Waals surface area contributed by atoms with Gasteiger partial charge in [0.1, 0.15) is 12.1 Å². The maximum atomic E-state index is 13.2. The van der Waals surface area contributed by atoms with Crippen molar-refractivity contribution in [3.8, 4) is 5.82 Å². The van der Waals surface area contributed by atoms with Gasteiger partial charge in [-0.1, -0.05) is 6.92 Å². The fourth-order valence-electron chi connectivity index (χ4n) is 4.38. The molecular weight excluding hydrogens is 314 g/mol. The molecule has 0 N–H and O–H groups in total. The molecule has 0 saturated carbocycles. The summed E-state index contributed by atoms with van der Waals surface area (Å²) >= 11 is 0. The fourth-order valence-corrected chi connectivity index (χ4v) is 4.38. The van der Waals surface area contributed by atoms with Gasteiger partial charge in [-0.15, -0.1) is 0 Å². The van der Waals surface area contributed by atoms with Crippen molar-refractivity contribution in [2.45, 2.75) is 44.7 Å². The molecule has 0 spiro atoms. The number of nitrogens with zero attached hydrogens (tertiary/aromatic N) is 5. The molecule has 2 aromatic heterocycles. The second-order valence-electron chi connectivity index (χ2n) is 6.92. The second kappa shape index (κ2) is 6.96. The summed E-state index contributed by atoms with van der Waals surface area (Å²) in [5.74, 6) is 0.865. The van der Waals surface area contributed by atoms with E-state index in [0.29, 0.717) is 17.6 Å². The monoisotopic (exact) mass is 339 g/mol. The van der Waals surface area contributed by atoms with Gasteiger partial charge in [-0.2, -0.15) is 0 Å². The molecule has 0 unspecified atom stereocenters. The molecule has 2 aliphatic rings. The second-order valence-corrected chi connectivity index (χ2v) is 6.92. The van der Waals surface area contributed by atoms with Gasteiger partial charge in [-0.3, -0.25) is 14.3 Å². The smallest absolute Gasteiger partial charge is 0.254 e. The molecule has 4 rings (SSSR count). The highest BCUT2D eigenvalue weighted by molar-refractivity contribution is 5.95. The third-order valence-corrected chi connectivity index (χ3v) is 5.59. The predicted octanol–water partition coefficient (Wildman–Crippen LogP) is 2.36. The first-order valence-corrected chi connectivity index (χ1v) is 9.27. The Balaban J connectivity index is 1.57. The van der Waals surface area contributed by atoms with E-state index >= 15 is 0 Å². The number of rotatable bonds is 4. The molecule has 6 nitrogen and oxygen atoms in total. The van der Waals surface area contributed by atoms with Crippen molar-refractivity contribution >= 4 is 5.91 Å². The minimum Gasteiger partial charge on any atom is -0.334 e. The van der Waals surface area contributed by atoms with Crippen LogP contribution in [0.1, 0.15) is 43.0 Å². The van der Waals surface area contributed by atoms with Crippen molar-refractivity contribution in [1.29, 1.82) is 0 Å². The maximum Gasteiger partial charge on any atom is 0.254 e. The van der Waals surface area contributed by atoms with Crippen LogP contribution in [0.3, 0.4) is 0 Å². The zero-order valence-corrected chi connectivity index (χ0v) is 14.7. The maximum absolute atomic E-state index is 13.2. The molecule has 0 aromatic carbocycles. The molecule has 0 bridgehead atoms. The van der Waals surface area contributed by atoms with Crippen molar-refractivity contribution in [3.05, 3.63) is 42.6 Å². The summed E-state index contributed by atoms with van der Waals surface area (Å²) in [5, 5.41) is 0. The number of likely N-dealkylation sites (N-methyl/N-ethyl adjacent to an activating group) is 1. The third kappa shape index (κ3) is 3.06. The molecule has 2 aliphatic heterocycles. The van der Waals surface area contributed by atoms with E-state index in [1.165, 1.54) is 19.4 Å². The Kier molecular flexibility index (Phi) is 4.53. The summed E-state index contributed by atoms with van der Waals surface area (Å²) in [7, 11) is 0. The molecule has 25 heavy (non-hydrogen) atoms. The summed E-state index contributed by atoms with van der Waals surface area (Å²) in [6.45, 7) is 5.32. The first-order chi connectivity index (χ1) is 12.3. The van der Waals surface area contributed by atoms with Gasteiger partial charge in [0, 0.05) is 42.8 Å². The Morgan fingerprint density at radius 2 is 2.04 bits per heavy atom. The first kappa shape index (κ1) is 16.3. The number of amides is 1. The SMILES string of the molecule is CCN1CCC[C@@H]1[C@H]1CCCN1C(=O)c1ccnc(-n2ccnc2)c1. The summed E-state index contributed by atoms with van der Waals surface area (Å²) in [5.41, 5.74) is 0.714. The Hall–Kier alpha value is -2.21. The van der Waals surface area contributed by atoms with Crippen molar-refractivity contribution in [1.82, 2.24) is 24.3 Å². The Labute approximate surface area is 148 Å². The number of aromatic nitrogens is 3. The van der Waals surface area contributed by atoms with E-state index in [0.717, 1.165) is 31.7 Å². The lowest BCUT2D eigenvalue weighted by Gasteiger charge is -2.34. The number of hydrogen-bond acceptors (Lipinski definition) is 4. The lowest BCUT2D eigenvalue weighted by molar-refractivity contribution is 0.0650. The molecule has 2 saturated heterocycles. The van der Waals surface area contributed by atoms with Crippen molar-refractivity contribution in [2.75, 3.05) is 19.6 Å². The van der Waals surface area contributed by atoms with E-state index < -0.39 is 0 Å². The molecule has 2 aromatic rings. The zero-order valence-electron chi connectivity index (χ0n) is 14.7. The van der Waals surface area contributed by atoms with Crippen molar-refractivity contribution in [2.24, 2.45) is 0 Å². The predicted molar refractivity (Wildman–Crippen MR) is 95.7 cm³/mol. The third-order valence-electron chi connectivity index (χ3n) is 5.59. The van der Waals surface area contributed by atoms with Crippen molar-refractivity contribution in [3.63, 3.8) is 0 Å². The van der Waals surface area contributed by atoms with Gasteiger partial charge >= 0.3 is 0 Å². The largest absolute Gasteiger partial charge is 0.334 e. The Bertz CT molecular complexity index is 729. The van der Waals surface area contributed by atoms with Crippen LogP contribution in [-0.4, -0.2) is 62.0 Å². The normalized spacial score (nSPS) is 24.1. The lowest BCUT2D eigenvalue weighted by atomic mass is 10.0. The summed E-state index contributed by atoms with van der Waals surface area (Å²) in [4.78, 5) is 26.2. The van der Waals surface area contributed by atoms with Gasteiger partial charge < -0.3 is 4.90 Å². The minimum atomic E-state index is 0.134. The molecule has 2 atom stereocenters. The van der Waals surface area contributed by atoms with Crippen LogP contribution in [0, 0.1) is 0 Å². The van der Waals surface area contributed by atoms with Gasteiger partial charge in [0.25, 0.3) is 5.91 Å². The quantitative estimate of drug-likeness (QED) is 0.858. The Morgan fingerprint density at radius 3 is 2.84 bits per heavy atom. The van der Waals surface area contributed by atoms with E-state index in [1.54, 1.807) is 18.7 Å². The lowest BCUT2D eigenvalue weighted by Crippen LogP contribution is -2.48. The average molecular weight is 339 g/mol. The molecule has 2 fully saturated rings. The van der Waals surface area contributed by atoms with Crippen LogP contribution in [0.5, 0.6) is 0 Å². The molecule has 0 aliphatic carbocycles. The minimum absolute atomic E-state index is 0.134. The van der Waals surface area contributed by atoms with Crippen LogP contribution in [0.25, 0.3) is 5.82 Å². The summed E-state index contributed by atoms with van der Waals surface area (Å²) < 4.78 is 1.83. The van der Waals surface area contributed by atoms with Crippen LogP contribution in [0.2, 0.25) is 0 Å². The molecule has 0 radical (unpaired) electrons. The van der Waals surface area contributed by atoms with Gasteiger partial charge in [-0.05, 0) is 50.9 Å². The number of carbonyl (C=O) groups excluding carboxylic acids is 1. The van der Waals surface area contributed by atoms with E-state index in [2.05, 4.69) is 26.7 Å². The van der Waals surface area contributed by atoms with Crippen molar-refractivity contribution < 1.29 is 4.79 Å². The number of imidazole rings is 1. The van der Waals surface area contributed by atoms with Crippen LogP contribution in [0.15, 0.2) is 37.1 Å². The molecule has 1 amide bonds. The number of pyridine rings is 1. The van der Waals surface area contributed by atoms with Gasteiger partial charge in [0.2, 0.25) is 0 Å². The topological polar surface area (TPSA) is 54.3 Å². The zero-order chi connectivity index (χ0) is 17.2. The van der Waals surface area contributed by atoms with E-state index in [4.69, 9.17) is 0 Å². The van der Waals surface area contributed by atoms with E-state index in [1.807, 2.05) is 22.9 Å². The van der Waals surface area contributed by atoms with Crippen LogP contribution < -0.4 is 0 Å². The summed E-state index contributed by atoms with van der Waals surface area (Å²) in [6, 6.07) is 4.56. The molecule has 6 heteroatoms. The molecule has 132 valence electrons. The number of hydrogen-bond donors (Lipinski definition) is 0.